The molecule has 0 fully saturated rings. The molecule has 1 N–H and O–H groups in total. The number of ether oxygens (including phenoxy) is 1. The fourth-order valence-corrected chi connectivity index (χ4v) is 1.97. The molecule has 0 unspecified atom stereocenters. The Balaban J connectivity index is 0.00000180. The second-order valence-corrected chi connectivity index (χ2v) is 4.48. The van der Waals surface area contributed by atoms with E-state index >= 15 is 0 Å². The minimum absolute atomic E-state index is 0. The first-order chi connectivity index (χ1) is 8.79. The topological polar surface area (TPSA) is 21.3 Å². The fraction of sp³-hybridized carbons (Fsp3) is 0.200. The van der Waals surface area contributed by atoms with Crippen molar-refractivity contribution in [1.82, 2.24) is 5.32 Å². The van der Waals surface area contributed by atoms with E-state index in [0.717, 1.165) is 23.4 Å². The van der Waals surface area contributed by atoms with Gasteiger partial charge in [0.05, 0.1) is 5.02 Å². The summed E-state index contributed by atoms with van der Waals surface area (Å²) < 4.78 is 5.70. The maximum Gasteiger partial charge on any atom is 0.138 e. The van der Waals surface area contributed by atoms with Crippen LogP contribution in [0.25, 0.3) is 0 Å². The number of rotatable bonds is 5. The van der Waals surface area contributed by atoms with Crippen molar-refractivity contribution in [2.24, 2.45) is 0 Å². The summed E-state index contributed by atoms with van der Waals surface area (Å²) in [6.07, 6.45) is 0. The van der Waals surface area contributed by atoms with E-state index in [2.05, 4.69) is 5.32 Å². The molecule has 0 aliphatic rings. The highest BCUT2D eigenvalue weighted by molar-refractivity contribution is 6.32. The Bertz CT molecular complexity index is 503. The minimum Gasteiger partial charge on any atom is -0.487 e. The Morgan fingerprint density at radius 3 is 2.42 bits per heavy atom. The van der Waals surface area contributed by atoms with Crippen molar-refractivity contribution in [3.8, 4) is 5.75 Å². The third kappa shape index (κ3) is 4.75. The first-order valence-electron chi connectivity index (χ1n) is 5.89. The van der Waals surface area contributed by atoms with Gasteiger partial charge in [0.15, 0.2) is 0 Å². The predicted octanol–water partition coefficient (Wildman–Crippen LogP) is 4.06. The highest BCUT2D eigenvalue weighted by Gasteiger charge is 2.03. The summed E-state index contributed by atoms with van der Waals surface area (Å²) in [5.41, 5.74) is 2.28. The SMILES string of the molecule is CNCc1ccc(OCc2ccccc2)c(Cl)c1.Cl. The maximum absolute atomic E-state index is 6.18. The van der Waals surface area contributed by atoms with Crippen molar-refractivity contribution >= 4 is 24.0 Å². The first kappa shape index (κ1) is 15.8. The van der Waals surface area contributed by atoms with Crippen LogP contribution in [-0.2, 0) is 13.2 Å². The molecule has 0 radical (unpaired) electrons. The van der Waals surface area contributed by atoms with E-state index in [1.165, 1.54) is 0 Å². The van der Waals surface area contributed by atoms with Crippen molar-refractivity contribution in [3.63, 3.8) is 0 Å². The Morgan fingerprint density at radius 2 is 1.79 bits per heavy atom. The van der Waals surface area contributed by atoms with E-state index in [4.69, 9.17) is 16.3 Å². The molecule has 0 aromatic heterocycles. The molecule has 0 amide bonds. The maximum atomic E-state index is 6.18. The van der Waals surface area contributed by atoms with Crippen LogP contribution < -0.4 is 10.1 Å². The Labute approximate surface area is 125 Å². The quantitative estimate of drug-likeness (QED) is 0.898. The molecule has 4 heteroatoms. The molecule has 0 spiro atoms. The van der Waals surface area contributed by atoms with Crippen molar-refractivity contribution in [2.45, 2.75) is 13.2 Å². The molecule has 0 saturated carbocycles. The van der Waals surface area contributed by atoms with Gasteiger partial charge >= 0.3 is 0 Å². The van der Waals surface area contributed by atoms with Crippen LogP contribution in [0.3, 0.4) is 0 Å². The molecular weight excluding hydrogens is 281 g/mol. The summed E-state index contributed by atoms with van der Waals surface area (Å²) in [5.74, 6) is 0.723. The largest absolute Gasteiger partial charge is 0.487 e. The molecule has 0 aliphatic heterocycles. The zero-order valence-electron chi connectivity index (χ0n) is 10.7. The normalized spacial score (nSPS) is 9.79. The van der Waals surface area contributed by atoms with Gasteiger partial charge in [-0.3, -0.25) is 0 Å². The molecule has 0 heterocycles. The average molecular weight is 298 g/mol. The summed E-state index contributed by atoms with van der Waals surface area (Å²) in [6.45, 7) is 1.34. The number of hydrogen-bond acceptors (Lipinski definition) is 2. The lowest BCUT2D eigenvalue weighted by Crippen LogP contribution is -2.05. The smallest absolute Gasteiger partial charge is 0.138 e. The highest BCUT2D eigenvalue weighted by Crippen LogP contribution is 2.26. The summed E-state index contributed by atoms with van der Waals surface area (Å²) in [6, 6.07) is 15.9. The molecule has 102 valence electrons. The summed E-state index contributed by atoms with van der Waals surface area (Å²) >= 11 is 6.18. The monoisotopic (exact) mass is 297 g/mol. The molecule has 2 nitrogen and oxygen atoms in total. The van der Waals surface area contributed by atoms with E-state index in [9.17, 15) is 0 Å². The molecule has 19 heavy (non-hydrogen) atoms. The Morgan fingerprint density at radius 1 is 1.05 bits per heavy atom. The number of benzene rings is 2. The Kier molecular flexibility index (Phi) is 6.71. The molecule has 0 atom stereocenters. The summed E-state index contributed by atoms with van der Waals surface area (Å²) in [5, 5.41) is 3.74. The molecule has 2 aromatic rings. The zero-order valence-corrected chi connectivity index (χ0v) is 12.3. The van der Waals surface area contributed by atoms with Gasteiger partial charge in [-0.05, 0) is 30.3 Å². The van der Waals surface area contributed by atoms with Crippen LogP contribution in [0.4, 0.5) is 0 Å². The van der Waals surface area contributed by atoms with Crippen LogP contribution >= 0.6 is 24.0 Å². The number of hydrogen-bond donors (Lipinski definition) is 1. The minimum atomic E-state index is 0. The van der Waals surface area contributed by atoms with Crippen LogP contribution in [0.2, 0.25) is 5.02 Å². The number of nitrogens with one attached hydrogen (secondary N) is 1. The van der Waals surface area contributed by atoms with Gasteiger partial charge in [-0.1, -0.05) is 48.0 Å². The lowest BCUT2D eigenvalue weighted by atomic mass is 10.2. The van der Waals surface area contributed by atoms with Gasteiger partial charge in [-0.25, -0.2) is 0 Å². The molecule has 2 rings (SSSR count). The molecule has 0 bridgehead atoms. The summed E-state index contributed by atoms with van der Waals surface area (Å²) in [7, 11) is 1.91. The molecule has 0 aliphatic carbocycles. The second-order valence-electron chi connectivity index (χ2n) is 4.07. The lowest BCUT2D eigenvalue weighted by molar-refractivity contribution is 0.306. The highest BCUT2D eigenvalue weighted by atomic mass is 35.5. The van der Waals surface area contributed by atoms with E-state index in [1.807, 2.05) is 55.6 Å². The summed E-state index contributed by atoms with van der Waals surface area (Å²) in [4.78, 5) is 0. The van der Waals surface area contributed by atoms with E-state index < -0.39 is 0 Å². The van der Waals surface area contributed by atoms with Crippen LogP contribution in [0.5, 0.6) is 5.75 Å². The van der Waals surface area contributed by atoms with Crippen molar-refractivity contribution in [2.75, 3.05) is 7.05 Å². The third-order valence-electron chi connectivity index (χ3n) is 2.61. The van der Waals surface area contributed by atoms with Gasteiger partial charge in [0.1, 0.15) is 12.4 Å². The van der Waals surface area contributed by atoms with E-state index in [0.29, 0.717) is 11.6 Å². The van der Waals surface area contributed by atoms with Crippen molar-refractivity contribution < 1.29 is 4.74 Å². The van der Waals surface area contributed by atoms with Gasteiger partial charge in [0, 0.05) is 6.54 Å². The van der Waals surface area contributed by atoms with Gasteiger partial charge < -0.3 is 10.1 Å². The van der Waals surface area contributed by atoms with E-state index in [-0.39, 0.29) is 12.4 Å². The van der Waals surface area contributed by atoms with Gasteiger partial charge in [-0.2, -0.15) is 0 Å². The lowest BCUT2D eigenvalue weighted by Gasteiger charge is -2.09. The first-order valence-corrected chi connectivity index (χ1v) is 6.27. The fourth-order valence-electron chi connectivity index (χ4n) is 1.71. The van der Waals surface area contributed by atoms with E-state index in [1.54, 1.807) is 0 Å². The second kappa shape index (κ2) is 8.05. The van der Waals surface area contributed by atoms with Crippen molar-refractivity contribution in [1.29, 1.82) is 0 Å². The Hall–Kier alpha value is -1.22. The average Bonchev–Trinajstić information content (AvgIpc) is 2.39. The van der Waals surface area contributed by atoms with Gasteiger partial charge in [-0.15, -0.1) is 12.4 Å². The standard InChI is InChI=1S/C15H16ClNO.ClH/c1-17-10-13-7-8-15(14(16)9-13)18-11-12-5-3-2-4-6-12;/h2-9,17H,10-11H2,1H3;1H. The predicted molar refractivity (Wildman–Crippen MR) is 82.2 cm³/mol. The van der Waals surface area contributed by atoms with Crippen LogP contribution in [0.1, 0.15) is 11.1 Å². The number of halogens is 2. The van der Waals surface area contributed by atoms with Gasteiger partial charge in [0.2, 0.25) is 0 Å². The van der Waals surface area contributed by atoms with Crippen LogP contribution in [0.15, 0.2) is 48.5 Å². The van der Waals surface area contributed by atoms with Gasteiger partial charge in [0.25, 0.3) is 0 Å². The zero-order chi connectivity index (χ0) is 12.8. The molecule has 2 aromatic carbocycles. The molecule has 0 saturated heterocycles. The molecular formula is C15H17Cl2NO. The van der Waals surface area contributed by atoms with Crippen LogP contribution in [-0.4, -0.2) is 7.05 Å². The van der Waals surface area contributed by atoms with Crippen LogP contribution in [0, 0.1) is 0 Å². The van der Waals surface area contributed by atoms with Crippen molar-refractivity contribution in [3.05, 3.63) is 64.7 Å². The third-order valence-corrected chi connectivity index (χ3v) is 2.91.